The predicted molar refractivity (Wildman–Crippen MR) is 60.4 cm³/mol. The molecule has 1 aliphatic rings. The summed E-state index contributed by atoms with van der Waals surface area (Å²) in [5, 5.41) is 3.13. The molecule has 2 rings (SSSR count). The van der Waals surface area contributed by atoms with Crippen molar-refractivity contribution in [3.8, 4) is 0 Å². The van der Waals surface area contributed by atoms with Gasteiger partial charge in [-0.2, -0.15) is 0 Å². The molecule has 1 aliphatic carbocycles. The van der Waals surface area contributed by atoms with E-state index in [0.717, 1.165) is 31.0 Å². The summed E-state index contributed by atoms with van der Waals surface area (Å²) in [6, 6.07) is 3.87. The van der Waals surface area contributed by atoms with Gasteiger partial charge in [-0.1, -0.05) is 13.3 Å². The molecule has 0 spiro atoms. The minimum Gasteiger partial charge on any atom is -0.319 e. The van der Waals surface area contributed by atoms with Crippen molar-refractivity contribution < 1.29 is 8.78 Å². The van der Waals surface area contributed by atoms with Crippen LogP contribution in [0.5, 0.6) is 0 Å². The van der Waals surface area contributed by atoms with Gasteiger partial charge in [-0.25, -0.2) is 8.78 Å². The lowest BCUT2D eigenvalue weighted by molar-refractivity contribution is 0.532. The molecule has 88 valence electrons. The van der Waals surface area contributed by atoms with Crippen molar-refractivity contribution in [3.05, 3.63) is 35.4 Å². The van der Waals surface area contributed by atoms with E-state index in [1.54, 1.807) is 0 Å². The average Bonchev–Trinajstić information content (AvgIpc) is 2.92. The second-order valence-corrected chi connectivity index (χ2v) is 4.65. The molecular weight excluding hydrogens is 208 g/mol. The summed E-state index contributed by atoms with van der Waals surface area (Å²) in [5.74, 6) is -0.416. The zero-order valence-electron chi connectivity index (χ0n) is 9.69. The normalized spacial score (nSPS) is 28.1. The fourth-order valence-electron chi connectivity index (χ4n) is 2.74. The molecular formula is C13H17F2N. The fourth-order valence-corrected chi connectivity index (χ4v) is 2.74. The first kappa shape index (κ1) is 11.5. The van der Waals surface area contributed by atoms with E-state index in [4.69, 9.17) is 0 Å². The first-order chi connectivity index (χ1) is 7.62. The molecule has 1 aromatic rings. The Morgan fingerprint density at radius 3 is 2.38 bits per heavy atom. The highest BCUT2D eigenvalue weighted by Crippen LogP contribution is 2.55. The minimum absolute atomic E-state index is 0.0492. The molecule has 0 amide bonds. The van der Waals surface area contributed by atoms with Gasteiger partial charge in [0.05, 0.1) is 0 Å². The summed E-state index contributed by atoms with van der Waals surface area (Å²) in [6.45, 7) is 2.91. The number of rotatable bonds is 4. The van der Waals surface area contributed by atoms with Crippen LogP contribution in [-0.4, -0.2) is 13.6 Å². The lowest BCUT2D eigenvalue weighted by Gasteiger charge is -2.17. The van der Waals surface area contributed by atoms with Gasteiger partial charge in [-0.15, -0.1) is 0 Å². The maximum Gasteiger partial charge on any atom is 0.126 e. The summed E-state index contributed by atoms with van der Waals surface area (Å²) in [7, 11) is 1.88. The van der Waals surface area contributed by atoms with Gasteiger partial charge in [0, 0.05) is 18.0 Å². The van der Waals surface area contributed by atoms with E-state index in [-0.39, 0.29) is 5.41 Å². The Bertz CT molecular complexity index is 371. The van der Waals surface area contributed by atoms with Gasteiger partial charge in [-0.3, -0.25) is 0 Å². The molecule has 1 aromatic carbocycles. The molecule has 3 heteroatoms. The summed E-state index contributed by atoms with van der Waals surface area (Å²) in [5.41, 5.74) is 0.748. The number of halogens is 2. The third-order valence-corrected chi connectivity index (χ3v) is 3.65. The molecule has 0 heterocycles. The van der Waals surface area contributed by atoms with Crippen LogP contribution >= 0.6 is 0 Å². The molecule has 0 aromatic heterocycles. The van der Waals surface area contributed by atoms with Crippen molar-refractivity contribution in [3.63, 3.8) is 0 Å². The van der Waals surface area contributed by atoms with Crippen molar-refractivity contribution in [2.24, 2.45) is 5.92 Å². The minimum atomic E-state index is -0.479. The monoisotopic (exact) mass is 225 g/mol. The Kier molecular flexibility index (Phi) is 2.98. The van der Waals surface area contributed by atoms with E-state index in [1.807, 2.05) is 7.05 Å². The Hall–Kier alpha value is -0.960. The third-order valence-electron chi connectivity index (χ3n) is 3.65. The molecule has 1 N–H and O–H groups in total. The van der Waals surface area contributed by atoms with Crippen molar-refractivity contribution in [2.45, 2.75) is 25.2 Å². The van der Waals surface area contributed by atoms with E-state index in [9.17, 15) is 8.78 Å². The lowest BCUT2D eigenvalue weighted by atomic mass is 9.92. The first-order valence-corrected chi connectivity index (χ1v) is 5.73. The lowest BCUT2D eigenvalue weighted by Crippen LogP contribution is -2.26. The SMILES string of the molecule is CCC1CC1(CNC)c1cc(F)cc(F)c1. The Labute approximate surface area is 94.9 Å². The second-order valence-electron chi connectivity index (χ2n) is 4.65. The zero-order chi connectivity index (χ0) is 11.8. The van der Waals surface area contributed by atoms with Gasteiger partial charge in [0.2, 0.25) is 0 Å². The predicted octanol–water partition coefficient (Wildman–Crippen LogP) is 2.85. The number of benzene rings is 1. The van der Waals surface area contributed by atoms with Gasteiger partial charge in [0.15, 0.2) is 0 Å². The molecule has 2 unspecified atom stereocenters. The highest BCUT2D eigenvalue weighted by Gasteiger charge is 2.53. The largest absolute Gasteiger partial charge is 0.319 e. The molecule has 1 nitrogen and oxygen atoms in total. The molecule has 0 radical (unpaired) electrons. The van der Waals surface area contributed by atoms with E-state index < -0.39 is 11.6 Å². The molecule has 1 fully saturated rings. The first-order valence-electron chi connectivity index (χ1n) is 5.73. The van der Waals surface area contributed by atoms with E-state index in [1.165, 1.54) is 12.1 Å². The van der Waals surface area contributed by atoms with Crippen LogP contribution in [0.4, 0.5) is 8.78 Å². The van der Waals surface area contributed by atoms with Gasteiger partial charge >= 0.3 is 0 Å². The van der Waals surface area contributed by atoms with Gasteiger partial charge < -0.3 is 5.32 Å². The van der Waals surface area contributed by atoms with Crippen molar-refractivity contribution in [2.75, 3.05) is 13.6 Å². The summed E-state index contributed by atoms with van der Waals surface area (Å²) < 4.78 is 26.4. The molecule has 0 aliphatic heterocycles. The van der Waals surface area contributed by atoms with Crippen LogP contribution in [0.15, 0.2) is 18.2 Å². The summed E-state index contributed by atoms with van der Waals surface area (Å²) in [6.07, 6.45) is 2.08. The number of hydrogen-bond acceptors (Lipinski definition) is 1. The number of likely N-dealkylation sites (N-methyl/N-ethyl adjacent to an activating group) is 1. The quantitative estimate of drug-likeness (QED) is 0.830. The maximum atomic E-state index is 13.2. The molecule has 16 heavy (non-hydrogen) atoms. The number of nitrogens with one attached hydrogen (secondary N) is 1. The van der Waals surface area contributed by atoms with Crippen molar-refractivity contribution in [1.29, 1.82) is 0 Å². The Balaban J connectivity index is 2.34. The smallest absolute Gasteiger partial charge is 0.126 e. The third kappa shape index (κ3) is 1.84. The molecule has 0 bridgehead atoms. The van der Waals surface area contributed by atoms with Crippen LogP contribution in [0.2, 0.25) is 0 Å². The average molecular weight is 225 g/mol. The molecule has 2 atom stereocenters. The van der Waals surface area contributed by atoms with E-state index >= 15 is 0 Å². The zero-order valence-corrected chi connectivity index (χ0v) is 9.69. The van der Waals surface area contributed by atoms with Crippen LogP contribution in [0, 0.1) is 17.6 Å². The van der Waals surface area contributed by atoms with Gasteiger partial charge in [-0.05, 0) is 37.1 Å². The highest BCUT2D eigenvalue weighted by atomic mass is 19.1. The van der Waals surface area contributed by atoms with Crippen molar-refractivity contribution >= 4 is 0 Å². The maximum absolute atomic E-state index is 13.2. The molecule has 0 saturated heterocycles. The molecule has 1 saturated carbocycles. The second kappa shape index (κ2) is 4.13. The summed E-state index contributed by atoms with van der Waals surface area (Å²) >= 11 is 0. The van der Waals surface area contributed by atoms with Gasteiger partial charge in [0.1, 0.15) is 11.6 Å². The van der Waals surface area contributed by atoms with Crippen LogP contribution in [0.1, 0.15) is 25.3 Å². The topological polar surface area (TPSA) is 12.0 Å². The highest BCUT2D eigenvalue weighted by molar-refractivity contribution is 5.35. The van der Waals surface area contributed by atoms with E-state index in [0.29, 0.717) is 5.92 Å². The van der Waals surface area contributed by atoms with Crippen LogP contribution in [-0.2, 0) is 5.41 Å². The fraction of sp³-hybridized carbons (Fsp3) is 0.538. The summed E-state index contributed by atoms with van der Waals surface area (Å²) in [4.78, 5) is 0. The van der Waals surface area contributed by atoms with Crippen LogP contribution in [0.3, 0.4) is 0 Å². The van der Waals surface area contributed by atoms with Crippen LogP contribution < -0.4 is 5.32 Å². The van der Waals surface area contributed by atoms with E-state index in [2.05, 4.69) is 12.2 Å². The van der Waals surface area contributed by atoms with Crippen molar-refractivity contribution in [1.82, 2.24) is 5.32 Å². The van der Waals surface area contributed by atoms with Crippen LogP contribution in [0.25, 0.3) is 0 Å². The standard InChI is InChI=1S/C13H17F2N/c1-3-9-7-13(9,8-16-2)10-4-11(14)6-12(15)5-10/h4-6,9,16H,3,7-8H2,1-2H3. The Morgan fingerprint density at radius 2 is 1.94 bits per heavy atom. The number of hydrogen-bond donors (Lipinski definition) is 1. The van der Waals surface area contributed by atoms with Gasteiger partial charge in [0.25, 0.3) is 0 Å². The Morgan fingerprint density at radius 1 is 1.31 bits per heavy atom.